The molecule has 2 rings (SSSR count). The summed E-state index contributed by atoms with van der Waals surface area (Å²) < 4.78 is 18.2. The van der Waals surface area contributed by atoms with Gasteiger partial charge in [-0.05, 0) is 37.5 Å². The first-order chi connectivity index (χ1) is 9.08. The number of ether oxygens (including phenoxy) is 1. The Labute approximate surface area is 117 Å². The maximum atomic E-state index is 13.0. The Morgan fingerprint density at radius 3 is 2.79 bits per heavy atom. The zero-order valence-corrected chi connectivity index (χ0v) is 11.5. The van der Waals surface area contributed by atoms with E-state index >= 15 is 0 Å². The van der Waals surface area contributed by atoms with Crippen LogP contribution >= 0.6 is 11.6 Å². The second kappa shape index (κ2) is 6.35. The van der Waals surface area contributed by atoms with Gasteiger partial charge in [0.15, 0.2) is 0 Å². The van der Waals surface area contributed by atoms with Gasteiger partial charge < -0.3 is 10.1 Å². The van der Waals surface area contributed by atoms with E-state index in [2.05, 4.69) is 5.32 Å². The average Bonchev–Trinajstić information content (AvgIpc) is 2.39. The van der Waals surface area contributed by atoms with E-state index in [0.717, 1.165) is 18.4 Å². The van der Waals surface area contributed by atoms with Gasteiger partial charge in [0.1, 0.15) is 5.82 Å². The zero-order chi connectivity index (χ0) is 13.8. The lowest BCUT2D eigenvalue weighted by Gasteiger charge is -2.24. The van der Waals surface area contributed by atoms with E-state index in [0.29, 0.717) is 18.2 Å². The third kappa shape index (κ3) is 3.67. The minimum Gasteiger partial charge on any atom is -0.381 e. The van der Waals surface area contributed by atoms with Crippen LogP contribution in [0.4, 0.5) is 4.39 Å². The summed E-state index contributed by atoms with van der Waals surface area (Å²) in [6, 6.07) is 3.97. The van der Waals surface area contributed by atoms with Crippen molar-refractivity contribution in [2.75, 3.05) is 13.2 Å². The van der Waals surface area contributed by atoms with Crippen molar-refractivity contribution in [3.8, 4) is 0 Å². The molecule has 0 aliphatic carbocycles. The van der Waals surface area contributed by atoms with E-state index in [1.165, 1.54) is 12.1 Å². The predicted octanol–water partition coefficient (Wildman–Crippen LogP) is 3.08. The van der Waals surface area contributed by atoms with Crippen LogP contribution in [0.15, 0.2) is 18.2 Å². The molecule has 3 nitrogen and oxygen atoms in total. The van der Waals surface area contributed by atoms with Crippen LogP contribution in [0.2, 0.25) is 5.02 Å². The van der Waals surface area contributed by atoms with Crippen LogP contribution in [0, 0.1) is 11.7 Å². The Bertz CT molecular complexity index is 461. The monoisotopic (exact) mass is 285 g/mol. The van der Waals surface area contributed by atoms with Crippen molar-refractivity contribution in [1.82, 2.24) is 5.32 Å². The van der Waals surface area contributed by atoms with E-state index in [1.807, 2.05) is 6.92 Å². The lowest BCUT2D eigenvalue weighted by Crippen LogP contribution is -2.35. The van der Waals surface area contributed by atoms with Gasteiger partial charge in [0.25, 0.3) is 0 Å². The molecule has 0 radical (unpaired) electrons. The highest BCUT2D eigenvalue weighted by atomic mass is 35.5. The molecule has 0 aromatic heterocycles. The summed E-state index contributed by atoms with van der Waals surface area (Å²) in [5.41, 5.74) is 0.725. The zero-order valence-electron chi connectivity index (χ0n) is 10.8. The summed E-state index contributed by atoms with van der Waals surface area (Å²) in [6.07, 6.45) is 1.49. The van der Waals surface area contributed by atoms with Crippen LogP contribution in [-0.2, 0) is 9.53 Å². The smallest absolute Gasteiger partial charge is 0.223 e. The Morgan fingerprint density at radius 1 is 1.47 bits per heavy atom. The van der Waals surface area contributed by atoms with Gasteiger partial charge in [0.2, 0.25) is 5.91 Å². The van der Waals surface area contributed by atoms with Gasteiger partial charge in [0, 0.05) is 24.2 Å². The standard InChI is InChI=1S/C14H17ClFNO2/c1-9(12-3-2-11(16)8-13(12)15)17-14(18)10-4-6-19-7-5-10/h2-3,8-10H,4-7H2,1H3,(H,17,18). The second-order valence-electron chi connectivity index (χ2n) is 4.78. The van der Waals surface area contributed by atoms with Crippen LogP contribution in [0.25, 0.3) is 0 Å². The van der Waals surface area contributed by atoms with Gasteiger partial charge in [-0.15, -0.1) is 0 Å². The van der Waals surface area contributed by atoms with Crippen molar-refractivity contribution in [3.05, 3.63) is 34.6 Å². The maximum absolute atomic E-state index is 13.0. The van der Waals surface area contributed by atoms with Crippen molar-refractivity contribution < 1.29 is 13.9 Å². The fourth-order valence-electron chi connectivity index (χ4n) is 2.22. The molecule has 0 saturated carbocycles. The number of carbonyl (C=O) groups excluding carboxylic acids is 1. The first-order valence-electron chi connectivity index (χ1n) is 6.41. The highest BCUT2D eigenvalue weighted by molar-refractivity contribution is 6.31. The van der Waals surface area contributed by atoms with Crippen LogP contribution in [-0.4, -0.2) is 19.1 Å². The number of carbonyl (C=O) groups is 1. The molecule has 1 fully saturated rings. The lowest BCUT2D eigenvalue weighted by atomic mass is 9.98. The molecule has 1 aliphatic heterocycles. The molecule has 0 spiro atoms. The number of rotatable bonds is 3. The topological polar surface area (TPSA) is 38.3 Å². The summed E-state index contributed by atoms with van der Waals surface area (Å²) >= 11 is 5.98. The highest BCUT2D eigenvalue weighted by Crippen LogP contribution is 2.24. The normalized spacial score (nSPS) is 18.1. The third-order valence-electron chi connectivity index (χ3n) is 3.38. The minimum absolute atomic E-state index is 0.00424. The van der Waals surface area contributed by atoms with Crippen LogP contribution in [0.1, 0.15) is 31.4 Å². The van der Waals surface area contributed by atoms with Crippen molar-refractivity contribution >= 4 is 17.5 Å². The quantitative estimate of drug-likeness (QED) is 0.927. The van der Waals surface area contributed by atoms with Crippen molar-refractivity contribution in [2.45, 2.75) is 25.8 Å². The summed E-state index contributed by atoms with van der Waals surface area (Å²) in [5.74, 6) is -0.372. The van der Waals surface area contributed by atoms with Crippen LogP contribution in [0.3, 0.4) is 0 Å². The SMILES string of the molecule is CC(NC(=O)C1CCOCC1)c1ccc(F)cc1Cl. The number of hydrogen-bond acceptors (Lipinski definition) is 2. The molecule has 1 aliphatic rings. The van der Waals surface area contributed by atoms with Crippen LogP contribution < -0.4 is 5.32 Å². The second-order valence-corrected chi connectivity index (χ2v) is 5.19. The fourth-order valence-corrected chi connectivity index (χ4v) is 2.55. The largest absolute Gasteiger partial charge is 0.381 e. The van der Waals surface area contributed by atoms with Gasteiger partial charge in [-0.25, -0.2) is 4.39 Å². The van der Waals surface area contributed by atoms with Gasteiger partial charge >= 0.3 is 0 Å². The van der Waals surface area contributed by atoms with E-state index in [9.17, 15) is 9.18 Å². The van der Waals surface area contributed by atoms with Crippen molar-refractivity contribution in [3.63, 3.8) is 0 Å². The average molecular weight is 286 g/mol. The van der Waals surface area contributed by atoms with E-state index in [-0.39, 0.29) is 23.7 Å². The molecule has 1 aromatic carbocycles. The van der Waals surface area contributed by atoms with Gasteiger partial charge in [-0.1, -0.05) is 17.7 Å². The number of nitrogens with one attached hydrogen (secondary N) is 1. The summed E-state index contributed by atoms with van der Waals surface area (Å²) in [4.78, 5) is 12.1. The Kier molecular flexibility index (Phi) is 4.77. The molecule has 1 heterocycles. The first kappa shape index (κ1) is 14.3. The summed E-state index contributed by atoms with van der Waals surface area (Å²) in [7, 11) is 0. The summed E-state index contributed by atoms with van der Waals surface area (Å²) in [6.45, 7) is 3.10. The Morgan fingerprint density at radius 2 is 2.16 bits per heavy atom. The maximum Gasteiger partial charge on any atom is 0.223 e. The van der Waals surface area contributed by atoms with E-state index in [1.54, 1.807) is 6.07 Å². The fraction of sp³-hybridized carbons (Fsp3) is 0.500. The van der Waals surface area contributed by atoms with Crippen molar-refractivity contribution in [1.29, 1.82) is 0 Å². The molecule has 0 bridgehead atoms. The number of amides is 1. The van der Waals surface area contributed by atoms with Gasteiger partial charge in [0.05, 0.1) is 6.04 Å². The number of hydrogen-bond donors (Lipinski definition) is 1. The minimum atomic E-state index is -0.378. The molecule has 5 heteroatoms. The molecule has 1 amide bonds. The third-order valence-corrected chi connectivity index (χ3v) is 3.71. The molecule has 1 unspecified atom stereocenters. The van der Waals surface area contributed by atoms with Gasteiger partial charge in [-0.2, -0.15) is 0 Å². The molecule has 104 valence electrons. The predicted molar refractivity (Wildman–Crippen MR) is 71.5 cm³/mol. The Balaban J connectivity index is 1.99. The van der Waals surface area contributed by atoms with E-state index < -0.39 is 0 Å². The van der Waals surface area contributed by atoms with Crippen LogP contribution in [0.5, 0.6) is 0 Å². The molecule has 1 saturated heterocycles. The molecule has 1 atom stereocenters. The molecule has 19 heavy (non-hydrogen) atoms. The number of benzene rings is 1. The first-order valence-corrected chi connectivity index (χ1v) is 6.79. The highest BCUT2D eigenvalue weighted by Gasteiger charge is 2.23. The van der Waals surface area contributed by atoms with E-state index in [4.69, 9.17) is 16.3 Å². The lowest BCUT2D eigenvalue weighted by molar-refractivity contribution is -0.128. The molecule has 1 aromatic rings. The van der Waals surface area contributed by atoms with Crippen molar-refractivity contribution in [2.24, 2.45) is 5.92 Å². The molecule has 1 N–H and O–H groups in total. The van der Waals surface area contributed by atoms with Gasteiger partial charge in [-0.3, -0.25) is 4.79 Å². The summed E-state index contributed by atoms with van der Waals surface area (Å²) in [5, 5.41) is 3.26. The Hall–Kier alpha value is -1.13. The molecular formula is C14H17ClFNO2. The molecular weight excluding hydrogens is 269 g/mol. The number of halogens is 2.